The lowest BCUT2D eigenvalue weighted by atomic mass is 10.1. The zero-order valence-electron chi connectivity index (χ0n) is 12.6. The molecule has 5 heteroatoms. The largest absolute Gasteiger partial charge is 0.508 e. The minimum absolute atomic E-state index is 0.106. The molecule has 0 bridgehead atoms. The molecule has 2 atom stereocenters. The average molecular weight is 291 g/mol. The molecular formula is C16H25N3O2. The predicted molar refractivity (Wildman–Crippen MR) is 83.1 cm³/mol. The van der Waals surface area contributed by atoms with Gasteiger partial charge in [-0.05, 0) is 50.0 Å². The number of aromatic hydroxyl groups is 1. The highest BCUT2D eigenvalue weighted by atomic mass is 16.3. The Bertz CT molecular complexity index is 461. The van der Waals surface area contributed by atoms with Gasteiger partial charge in [-0.1, -0.05) is 19.1 Å². The van der Waals surface area contributed by atoms with Crippen molar-refractivity contribution in [1.82, 2.24) is 10.2 Å². The van der Waals surface area contributed by atoms with Crippen LogP contribution >= 0.6 is 0 Å². The Labute approximate surface area is 126 Å². The van der Waals surface area contributed by atoms with Gasteiger partial charge in [-0.2, -0.15) is 0 Å². The molecule has 1 heterocycles. The molecule has 0 aromatic heterocycles. The number of carbonyl (C=O) groups is 1. The van der Waals surface area contributed by atoms with Crippen LogP contribution < -0.4 is 11.1 Å². The van der Waals surface area contributed by atoms with Crippen molar-refractivity contribution in [2.75, 3.05) is 19.6 Å². The molecule has 1 unspecified atom stereocenters. The molecule has 0 saturated carbocycles. The molecule has 2 rings (SSSR count). The summed E-state index contributed by atoms with van der Waals surface area (Å²) in [7, 11) is 0. The monoisotopic (exact) mass is 291 g/mol. The number of carbonyl (C=O) groups excluding carboxylic acids is 1. The van der Waals surface area contributed by atoms with Crippen molar-refractivity contribution < 1.29 is 9.90 Å². The third-order valence-corrected chi connectivity index (χ3v) is 4.15. The number of nitrogens with zero attached hydrogens (tertiary/aromatic N) is 1. The van der Waals surface area contributed by atoms with E-state index in [9.17, 15) is 9.90 Å². The van der Waals surface area contributed by atoms with Gasteiger partial charge in [0.1, 0.15) is 5.75 Å². The molecule has 1 aliphatic heterocycles. The maximum atomic E-state index is 12.1. The van der Waals surface area contributed by atoms with Gasteiger partial charge in [-0.15, -0.1) is 0 Å². The van der Waals surface area contributed by atoms with Crippen molar-refractivity contribution in [3.05, 3.63) is 29.8 Å². The molecule has 0 radical (unpaired) electrons. The van der Waals surface area contributed by atoms with Crippen molar-refractivity contribution in [1.29, 1.82) is 0 Å². The molecule has 0 spiro atoms. The second kappa shape index (κ2) is 7.43. The number of phenolic OH excluding ortho intramolecular Hbond substituents is 1. The van der Waals surface area contributed by atoms with Crippen molar-refractivity contribution in [3.8, 4) is 5.75 Å². The number of amides is 1. The highest BCUT2D eigenvalue weighted by molar-refractivity contribution is 5.81. The number of hydrogen-bond donors (Lipinski definition) is 3. The summed E-state index contributed by atoms with van der Waals surface area (Å²) in [5.41, 5.74) is 6.90. The van der Waals surface area contributed by atoms with E-state index in [4.69, 9.17) is 5.73 Å². The fourth-order valence-corrected chi connectivity index (χ4v) is 2.87. The van der Waals surface area contributed by atoms with Crippen LogP contribution in [0.4, 0.5) is 0 Å². The summed E-state index contributed by atoms with van der Waals surface area (Å²) in [6.45, 7) is 4.98. The number of nitrogens with two attached hydrogens (primary N) is 1. The molecule has 1 amide bonds. The summed E-state index contributed by atoms with van der Waals surface area (Å²) in [5.74, 6) is 0.115. The van der Waals surface area contributed by atoms with Crippen molar-refractivity contribution in [2.45, 2.75) is 38.3 Å². The topological polar surface area (TPSA) is 78.6 Å². The van der Waals surface area contributed by atoms with Crippen molar-refractivity contribution in [3.63, 3.8) is 0 Å². The number of phenols is 1. The van der Waals surface area contributed by atoms with Crippen molar-refractivity contribution >= 4 is 5.91 Å². The van der Waals surface area contributed by atoms with Crippen LogP contribution in [0.5, 0.6) is 5.75 Å². The molecule has 116 valence electrons. The fourth-order valence-electron chi connectivity index (χ4n) is 2.87. The van der Waals surface area contributed by atoms with Crippen LogP contribution in [0, 0.1) is 0 Å². The van der Waals surface area contributed by atoms with Gasteiger partial charge in [0.25, 0.3) is 0 Å². The second-order valence-electron chi connectivity index (χ2n) is 5.65. The molecule has 5 nitrogen and oxygen atoms in total. The van der Waals surface area contributed by atoms with Crippen LogP contribution in [0.3, 0.4) is 0 Å². The van der Waals surface area contributed by atoms with Crippen LogP contribution in [0.2, 0.25) is 0 Å². The number of likely N-dealkylation sites (N-methyl/N-ethyl adjacent to an activating group) is 1. The summed E-state index contributed by atoms with van der Waals surface area (Å²) < 4.78 is 0. The standard InChI is InChI=1S/C16H25N3O2/c1-2-19-9-3-4-13(19)11-18-16(21)15(17)10-12-5-7-14(20)8-6-12/h5-8,13,15,20H,2-4,9-11,17H2,1H3,(H,18,21)/t13?,15-/m0/s1. The Balaban J connectivity index is 1.78. The number of likely N-dealkylation sites (tertiary alicyclic amines) is 1. The minimum Gasteiger partial charge on any atom is -0.508 e. The molecule has 4 N–H and O–H groups in total. The Hall–Kier alpha value is -1.59. The molecule has 0 aliphatic carbocycles. The highest BCUT2D eigenvalue weighted by Crippen LogP contribution is 2.15. The molecule has 21 heavy (non-hydrogen) atoms. The first kappa shape index (κ1) is 15.8. The Morgan fingerprint density at radius 2 is 2.19 bits per heavy atom. The highest BCUT2D eigenvalue weighted by Gasteiger charge is 2.24. The van der Waals surface area contributed by atoms with Crippen LogP contribution in [0.1, 0.15) is 25.3 Å². The summed E-state index contributed by atoms with van der Waals surface area (Å²) in [6, 6.07) is 6.69. The maximum Gasteiger partial charge on any atom is 0.237 e. The van der Waals surface area contributed by atoms with E-state index in [0.29, 0.717) is 19.0 Å². The van der Waals surface area contributed by atoms with Crippen LogP contribution in [0.15, 0.2) is 24.3 Å². The Kier molecular flexibility index (Phi) is 5.59. The van der Waals surface area contributed by atoms with Gasteiger partial charge in [0.15, 0.2) is 0 Å². The number of hydrogen-bond acceptors (Lipinski definition) is 4. The van der Waals surface area contributed by atoms with E-state index in [-0.39, 0.29) is 11.7 Å². The smallest absolute Gasteiger partial charge is 0.237 e. The molecule has 1 saturated heterocycles. The average Bonchev–Trinajstić information content (AvgIpc) is 2.94. The SMILES string of the molecule is CCN1CCCC1CNC(=O)[C@@H](N)Cc1ccc(O)cc1. The van der Waals surface area contributed by atoms with E-state index in [1.807, 2.05) is 0 Å². The van der Waals surface area contributed by atoms with Crippen LogP contribution in [-0.4, -0.2) is 47.6 Å². The Morgan fingerprint density at radius 3 is 2.86 bits per heavy atom. The first-order chi connectivity index (χ1) is 10.1. The second-order valence-corrected chi connectivity index (χ2v) is 5.65. The van der Waals surface area contributed by atoms with Gasteiger partial charge in [-0.25, -0.2) is 0 Å². The lowest BCUT2D eigenvalue weighted by Crippen LogP contribution is -2.47. The lowest BCUT2D eigenvalue weighted by Gasteiger charge is -2.23. The van der Waals surface area contributed by atoms with E-state index < -0.39 is 6.04 Å². The van der Waals surface area contributed by atoms with E-state index in [1.54, 1.807) is 24.3 Å². The predicted octanol–water partition coefficient (Wildman–Crippen LogP) is 0.863. The van der Waals surface area contributed by atoms with Gasteiger partial charge < -0.3 is 16.2 Å². The van der Waals surface area contributed by atoms with Gasteiger partial charge in [0, 0.05) is 12.6 Å². The minimum atomic E-state index is -0.550. The molecular weight excluding hydrogens is 266 g/mol. The van der Waals surface area contributed by atoms with E-state index in [1.165, 1.54) is 6.42 Å². The Morgan fingerprint density at radius 1 is 1.48 bits per heavy atom. The van der Waals surface area contributed by atoms with Crippen LogP contribution in [-0.2, 0) is 11.2 Å². The zero-order chi connectivity index (χ0) is 15.2. The van der Waals surface area contributed by atoms with Gasteiger partial charge >= 0.3 is 0 Å². The number of benzene rings is 1. The zero-order valence-corrected chi connectivity index (χ0v) is 12.6. The summed E-state index contributed by atoms with van der Waals surface area (Å²) in [6.07, 6.45) is 2.82. The van der Waals surface area contributed by atoms with E-state index >= 15 is 0 Å². The molecule has 1 aliphatic rings. The molecule has 1 aromatic rings. The van der Waals surface area contributed by atoms with E-state index in [2.05, 4.69) is 17.1 Å². The van der Waals surface area contributed by atoms with E-state index in [0.717, 1.165) is 25.1 Å². The summed E-state index contributed by atoms with van der Waals surface area (Å²) in [4.78, 5) is 14.5. The summed E-state index contributed by atoms with van der Waals surface area (Å²) in [5, 5.41) is 12.2. The maximum absolute atomic E-state index is 12.1. The third kappa shape index (κ3) is 4.44. The third-order valence-electron chi connectivity index (χ3n) is 4.15. The lowest BCUT2D eigenvalue weighted by molar-refractivity contribution is -0.122. The molecule has 1 aromatic carbocycles. The fraction of sp³-hybridized carbons (Fsp3) is 0.562. The van der Waals surface area contributed by atoms with Crippen LogP contribution in [0.25, 0.3) is 0 Å². The quantitative estimate of drug-likeness (QED) is 0.726. The first-order valence-electron chi connectivity index (χ1n) is 7.65. The van der Waals surface area contributed by atoms with Crippen molar-refractivity contribution in [2.24, 2.45) is 5.73 Å². The summed E-state index contributed by atoms with van der Waals surface area (Å²) >= 11 is 0. The normalized spacial score (nSPS) is 20.4. The number of nitrogens with one attached hydrogen (secondary N) is 1. The molecule has 1 fully saturated rings. The van der Waals surface area contributed by atoms with Gasteiger partial charge in [-0.3, -0.25) is 9.69 Å². The van der Waals surface area contributed by atoms with Gasteiger partial charge in [0.05, 0.1) is 6.04 Å². The number of rotatable bonds is 6. The van der Waals surface area contributed by atoms with Gasteiger partial charge in [0.2, 0.25) is 5.91 Å². The first-order valence-corrected chi connectivity index (χ1v) is 7.65.